The summed E-state index contributed by atoms with van der Waals surface area (Å²) in [5, 5.41) is 3.20. The zero-order chi connectivity index (χ0) is 37.0. The minimum absolute atomic E-state index is 0.188. The van der Waals surface area contributed by atoms with Gasteiger partial charge in [0.25, 0.3) is 0 Å². The number of nitrogens with zero attached hydrogens (tertiary/aromatic N) is 7. The van der Waals surface area contributed by atoms with E-state index in [2.05, 4.69) is 34.5 Å². The Balaban J connectivity index is 1.37. The molecule has 0 atom stereocenters. The molecule has 1 N–H and O–H groups in total. The average molecular weight is 709 g/mol. The molecule has 0 aliphatic carbocycles. The first-order valence-corrected chi connectivity index (χ1v) is 17.3. The molecule has 0 saturated heterocycles. The normalized spacial score (nSPS) is 12.8. The minimum Gasteiger partial charge on any atom is -0.458 e. The molecule has 6 aromatic rings. The highest BCUT2D eigenvalue weighted by molar-refractivity contribution is 5.97. The van der Waals surface area contributed by atoms with Gasteiger partial charge in [-0.15, -0.1) is 0 Å². The zero-order valence-electron chi connectivity index (χ0n) is 30.0. The highest BCUT2D eigenvalue weighted by Crippen LogP contribution is 2.29. The van der Waals surface area contributed by atoms with E-state index in [1.54, 1.807) is 37.5 Å². The van der Waals surface area contributed by atoms with Crippen LogP contribution in [-0.4, -0.2) is 50.3 Å². The Kier molecular flexibility index (Phi) is 9.76. The highest BCUT2D eigenvalue weighted by atomic mass is 16.6. The lowest BCUT2D eigenvalue weighted by Gasteiger charge is -2.25. The predicted octanol–water partition coefficient (Wildman–Crippen LogP) is 6.89. The summed E-state index contributed by atoms with van der Waals surface area (Å²) in [5.74, 6) is 2.09. The van der Waals surface area contributed by atoms with Crippen molar-refractivity contribution < 1.29 is 14.3 Å². The third kappa shape index (κ3) is 7.81. The number of anilines is 2. The SMILES string of the molecule is CN(C(=O)OC(C)(C)C)c1cccc(-n2c(=O)n(C3=NCC(Oc4ccccc4)=CN3)c3c(N(Cc4ccccc4)Cc4ccccc4)ncnc32)c1. The van der Waals surface area contributed by atoms with Crippen LogP contribution < -0.4 is 25.5 Å². The first kappa shape index (κ1) is 34.7. The quantitative estimate of drug-likeness (QED) is 0.173. The maximum absolute atomic E-state index is 14.8. The van der Waals surface area contributed by atoms with Gasteiger partial charge in [0.1, 0.15) is 35.5 Å². The molecule has 12 nitrogen and oxygen atoms in total. The maximum atomic E-state index is 14.8. The molecule has 268 valence electrons. The summed E-state index contributed by atoms with van der Waals surface area (Å²) in [6, 6.07) is 36.8. The first-order chi connectivity index (χ1) is 25.6. The van der Waals surface area contributed by atoms with Gasteiger partial charge in [-0.25, -0.2) is 33.7 Å². The van der Waals surface area contributed by atoms with Crippen molar-refractivity contribution in [3.63, 3.8) is 0 Å². The van der Waals surface area contributed by atoms with Gasteiger partial charge in [-0.1, -0.05) is 84.9 Å². The molecule has 0 radical (unpaired) electrons. The van der Waals surface area contributed by atoms with Gasteiger partial charge in [0.2, 0.25) is 5.96 Å². The van der Waals surface area contributed by atoms with Crippen LogP contribution in [0.1, 0.15) is 31.9 Å². The van der Waals surface area contributed by atoms with Crippen LogP contribution in [0.3, 0.4) is 0 Å². The Morgan fingerprint density at radius 3 is 2.08 bits per heavy atom. The zero-order valence-corrected chi connectivity index (χ0v) is 30.0. The number of aliphatic imine (C=N–C) groups is 1. The largest absolute Gasteiger partial charge is 0.458 e. The molecule has 0 unspecified atom stereocenters. The van der Waals surface area contributed by atoms with Crippen molar-refractivity contribution in [1.82, 2.24) is 24.4 Å². The molecule has 4 aromatic carbocycles. The number of rotatable bonds is 9. The molecule has 1 aliphatic heterocycles. The third-order valence-corrected chi connectivity index (χ3v) is 8.43. The van der Waals surface area contributed by atoms with Crippen molar-refractivity contribution in [2.45, 2.75) is 39.5 Å². The number of ether oxygens (including phenoxy) is 2. The number of benzene rings is 4. The first-order valence-electron chi connectivity index (χ1n) is 17.3. The van der Waals surface area contributed by atoms with Crippen molar-refractivity contribution >= 4 is 34.7 Å². The number of carbonyl (C=O) groups excluding carboxylic acids is 1. The number of hydrogen-bond acceptors (Lipinski definition) is 9. The molecule has 0 saturated carbocycles. The van der Waals surface area contributed by atoms with Crippen LogP contribution in [0.5, 0.6) is 5.75 Å². The second-order valence-corrected chi connectivity index (χ2v) is 13.5. The molecular formula is C41H40N8O4. The Morgan fingerprint density at radius 2 is 1.47 bits per heavy atom. The van der Waals surface area contributed by atoms with E-state index in [4.69, 9.17) is 24.4 Å². The van der Waals surface area contributed by atoms with Gasteiger partial charge < -0.3 is 19.7 Å². The lowest BCUT2D eigenvalue weighted by Crippen LogP contribution is -2.38. The third-order valence-electron chi connectivity index (χ3n) is 8.43. The van der Waals surface area contributed by atoms with Crippen molar-refractivity contribution in [1.29, 1.82) is 0 Å². The summed E-state index contributed by atoms with van der Waals surface area (Å²) in [6.07, 6.45) is 2.66. The summed E-state index contributed by atoms with van der Waals surface area (Å²) >= 11 is 0. The molecule has 1 aliphatic rings. The van der Waals surface area contributed by atoms with Crippen LogP contribution in [0.4, 0.5) is 16.3 Å². The molecule has 0 spiro atoms. The predicted molar refractivity (Wildman–Crippen MR) is 207 cm³/mol. The van der Waals surface area contributed by atoms with E-state index < -0.39 is 17.4 Å². The number of nitrogens with one attached hydrogen (secondary N) is 1. The number of para-hydroxylation sites is 1. The Labute approximate surface area is 307 Å². The van der Waals surface area contributed by atoms with Gasteiger partial charge in [-0.3, -0.25) is 4.90 Å². The minimum atomic E-state index is -0.680. The summed E-state index contributed by atoms with van der Waals surface area (Å²) < 4.78 is 14.7. The summed E-state index contributed by atoms with van der Waals surface area (Å²) in [7, 11) is 1.63. The highest BCUT2D eigenvalue weighted by Gasteiger charge is 2.28. The van der Waals surface area contributed by atoms with Gasteiger partial charge in [0.05, 0.1) is 5.69 Å². The molecule has 0 fully saturated rings. The number of hydrogen-bond donors (Lipinski definition) is 1. The summed E-state index contributed by atoms with van der Waals surface area (Å²) in [4.78, 5) is 45.7. The number of fused-ring (bicyclic) bond motifs is 1. The van der Waals surface area contributed by atoms with Crippen LogP contribution in [0.25, 0.3) is 16.9 Å². The van der Waals surface area contributed by atoms with Gasteiger partial charge in [-0.05, 0) is 62.2 Å². The Morgan fingerprint density at radius 1 is 0.830 bits per heavy atom. The smallest absolute Gasteiger partial charge is 0.414 e. The Bertz CT molecular complexity index is 2310. The molecule has 53 heavy (non-hydrogen) atoms. The molecule has 3 heterocycles. The average Bonchev–Trinajstić information content (AvgIpc) is 3.47. The van der Waals surface area contributed by atoms with Crippen molar-refractivity contribution in [3.05, 3.63) is 155 Å². The molecule has 12 heteroatoms. The van der Waals surface area contributed by atoms with Gasteiger partial charge in [0, 0.05) is 32.0 Å². The van der Waals surface area contributed by atoms with E-state index in [0.717, 1.165) is 11.1 Å². The molecule has 7 rings (SSSR count). The number of amides is 1. The summed E-state index contributed by atoms with van der Waals surface area (Å²) in [5.41, 5.74) is 2.89. The number of imidazole rings is 1. The van der Waals surface area contributed by atoms with Crippen LogP contribution in [0.2, 0.25) is 0 Å². The number of aromatic nitrogens is 4. The van der Waals surface area contributed by atoms with E-state index in [9.17, 15) is 9.59 Å². The second kappa shape index (κ2) is 14.9. The van der Waals surface area contributed by atoms with E-state index in [1.165, 1.54) is 20.4 Å². The maximum Gasteiger partial charge on any atom is 0.414 e. The monoisotopic (exact) mass is 708 g/mol. The molecule has 2 aromatic heterocycles. The van der Waals surface area contributed by atoms with Crippen LogP contribution in [-0.2, 0) is 17.8 Å². The van der Waals surface area contributed by atoms with E-state index in [-0.39, 0.29) is 12.5 Å². The van der Waals surface area contributed by atoms with Gasteiger partial charge in [0.15, 0.2) is 11.5 Å². The second-order valence-electron chi connectivity index (χ2n) is 13.5. The van der Waals surface area contributed by atoms with Crippen LogP contribution in [0, 0.1) is 0 Å². The molecular weight excluding hydrogens is 669 g/mol. The fourth-order valence-electron chi connectivity index (χ4n) is 5.99. The lowest BCUT2D eigenvalue weighted by atomic mass is 10.1. The summed E-state index contributed by atoms with van der Waals surface area (Å²) in [6.45, 7) is 6.64. The van der Waals surface area contributed by atoms with Crippen molar-refractivity contribution in [2.24, 2.45) is 4.99 Å². The Hall–Kier alpha value is -6.69. The van der Waals surface area contributed by atoms with E-state index >= 15 is 0 Å². The standard InChI is InChI=1S/C41H40N8O4/c1-41(2,3)53-40(51)46(4)31-19-14-20-32(23-31)48-37-35(49(39(48)50)38-42-24-34(25-43-38)52-33-21-12-7-13-22-33)36(44-28-45-37)47(26-29-15-8-5-9-16-29)27-30-17-10-6-11-18-30/h5-24,28H,25-27H2,1-4H3,(H,42,43). The number of carbonyl (C=O) groups is 1. The van der Waals surface area contributed by atoms with Crippen LogP contribution in [0.15, 0.2) is 143 Å². The molecule has 0 bridgehead atoms. The van der Waals surface area contributed by atoms with Crippen LogP contribution >= 0.6 is 0 Å². The van der Waals surface area contributed by atoms with Crippen molar-refractivity contribution in [3.8, 4) is 11.4 Å². The van der Waals surface area contributed by atoms with E-state index in [1.807, 2.05) is 87.5 Å². The fourth-order valence-corrected chi connectivity index (χ4v) is 5.99. The van der Waals surface area contributed by atoms with Gasteiger partial charge in [-0.2, -0.15) is 0 Å². The topological polar surface area (TPSA) is 119 Å². The van der Waals surface area contributed by atoms with Crippen molar-refractivity contribution in [2.75, 3.05) is 23.4 Å². The van der Waals surface area contributed by atoms with E-state index in [0.29, 0.717) is 53.0 Å². The lowest BCUT2D eigenvalue weighted by molar-refractivity contribution is 0.0589. The van der Waals surface area contributed by atoms with Gasteiger partial charge >= 0.3 is 11.8 Å². The molecule has 1 amide bonds. The fraction of sp³-hybridized carbons (Fsp3) is 0.195.